The summed E-state index contributed by atoms with van der Waals surface area (Å²) >= 11 is 0. The van der Waals surface area contributed by atoms with Gasteiger partial charge in [-0.1, -0.05) is 6.92 Å². The summed E-state index contributed by atoms with van der Waals surface area (Å²) in [6.07, 6.45) is -2.71. The second-order valence-corrected chi connectivity index (χ2v) is 5.08. The van der Waals surface area contributed by atoms with E-state index < -0.39 is 11.9 Å². The molecule has 0 aliphatic heterocycles. The molecule has 0 aliphatic carbocycles. The van der Waals surface area contributed by atoms with Crippen molar-refractivity contribution in [3.05, 3.63) is 34.9 Å². The van der Waals surface area contributed by atoms with E-state index in [1.54, 1.807) is 4.68 Å². The molecule has 2 aromatic heterocycles. The van der Waals surface area contributed by atoms with E-state index in [2.05, 4.69) is 20.4 Å². The molecule has 0 bridgehead atoms. The van der Waals surface area contributed by atoms with Crippen molar-refractivity contribution in [1.82, 2.24) is 19.7 Å². The number of aromatic nitrogens is 4. The van der Waals surface area contributed by atoms with Crippen LogP contribution in [0.25, 0.3) is 0 Å². The van der Waals surface area contributed by atoms with Crippen LogP contribution in [-0.2, 0) is 13.2 Å². The fraction of sp³-hybridized carbons (Fsp3) is 0.500. The van der Waals surface area contributed by atoms with Gasteiger partial charge in [-0.05, 0) is 26.3 Å². The maximum absolute atomic E-state index is 12.7. The van der Waals surface area contributed by atoms with E-state index in [4.69, 9.17) is 0 Å². The molecule has 0 amide bonds. The van der Waals surface area contributed by atoms with E-state index in [1.165, 1.54) is 0 Å². The molecule has 120 valence electrons. The zero-order valence-electron chi connectivity index (χ0n) is 12.9. The summed E-state index contributed by atoms with van der Waals surface area (Å²) < 4.78 is 39.9. The Balaban J connectivity index is 2.31. The van der Waals surface area contributed by atoms with Gasteiger partial charge in [0, 0.05) is 24.5 Å². The number of alkyl halides is 3. The van der Waals surface area contributed by atoms with E-state index in [-0.39, 0.29) is 12.0 Å². The minimum absolute atomic E-state index is 0.0377. The molecule has 1 unspecified atom stereocenters. The van der Waals surface area contributed by atoms with E-state index >= 15 is 0 Å². The number of hydrogen-bond acceptors (Lipinski definition) is 4. The quantitative estimate of drug-likeness (QED) is 0.940. The molecule has 0 saturated carbocycles. The van der Waals surface area contributed by atoms with Crippen LogP contribution >= 0.6 is 0 Å². The predicted molar refractivity (Wildman–Crippen MR) is 76.4 cm³/mol. The SMILES string of the molecule is CCC(Nc1nccc(C(F)(F)F)n1)c1c(C)nn(C)c1C. The molecule has 1 atom stereocenters. The molecule has 5 nitrogen and oxygen atoms in total. The first-order valence-corrected chi connectivity index (χ1v) is 6.91. The summed E-state index contributed by atoms with van der Waals surface area (Å²) in [5.74, 6) is -0.0377. The molecule has 0 aromatic carbocycles. The summed E-state index contributed by atoms with van der Waals surface area (Å²) in [6.45, 7) is 5.74. The molecule has 0 spiro atoms. The Hall–Kier alpha value is -2.12. The highest BCUT2D eigenvalue weighted by Crippen LogP contribution is 2.29. The molecule has 0 radical (unpaired) electrons. The van der Waals surface area contributed by atoms with Crippen LogP contribution in [0.15, 0.2) is 12.3 Å². The third-order valence-electron chi connectivity index (χ3n) is 3.57. The van der Waals surface area contributed by atoms with Crippen LogP contribution in [0.3, 0.4) is 0 Å². The van der Waals surface area contributed by atoms with Crippen molar-refractivity contribution in [3.8, 4) is 0 Å². The van der Waals surface area contributed by atoms with Crippen molar-refractivity contribution in [3.63, 3.8) is 0 Å². The van der Waals surface area contributed by atoms with Gasteiger partial charge >= 0.3 is 6.18 Å². The van der Waals surface area contributed by atoms with Crippen molar-refractivity contribution in [1.29, 1.82) is 0 Å². The van der Waals surface area contributed by atoms with Crippen LogP contribution in [0.2, 0.25) is 0 Å². The smallest absolute Gasteiger partial charge is 0.347 e. The molecular weight excluding hydrogens is 295 g/mol. The average molecular weight is 313 g/mol. The predicted octanol–water partition coefficient (Wildman–Crippen LogP) is 3.41. The van der Waals surface area contributed by atoms with Gasteiger partial charge in [-0.25, -0.2) is 9.97 Å². The summed E-state index contributed by atoms with van der Waals surface area (Å²) in [4.78, 5) is 7.43. The second kappa shape index (κ2) is 5.94. The fourth-order valence-electron chi connectivity index (χ4n) is 2.41. The fourth-order valence-corrected chi connectivity index (χ4v) is 2.41. The van der Waals surface area contributed by atoms with E-state index in [1.807, 2.05) is 27.8 Å². The lowest BCUT2D eigenvalue weighted by Gasteiger charge is -2.18. The van der Waals surface area contributed by atoms with Crippen LogP contribution in [0.4, 0.5) is 19.1 Å². The molecule has 2 rings (SSSR count). The summed E-state index contributed by atoms with van der Waals surface area (Å²) in [5.41, 5.74) is 1.81. The van der Waals surface area contributed by atoms with Crippen LogP contribution in [0.5, 0.6) is 0 Å². The number of hydrogen-bond donors (Lipinski definition) is 1. The summed E-state index contributed by atoms with van der Waals surface area (Å²) in [5, 5.41) is 7.31. The van der Waals surface area contributed by atoms with Gasteiger partial charge in [-0.3, -0.25) is 4.68 Å². The van der Waals surface area contributed by atoms with Crippen molar-refractivity contribution in [2.75, 3.05) is 5.32 Å². The van der Waals surface area contributed by atoms with Gasteiger partial charge in [0.2, 0.25) is 5.95 Å². The number of nitrogens with zero attached hydrogens (tertiary/aromatic N) is 4. The van der Waals surface area contributed by atoms with E-state index in [0.717, 1.165) is 29.2 Å². The topological polar surface area (TPSA) is 55.6 Å². The first kappa shape index (κ1) is 16.3. The Morgan fingerprint density at radius 3 is 2.50 bits per heavy atom. The largest absolute Gasteiger partial charge is 0.433 e. The molecule has 0 aliphatic rings. The maximum Gasteiger partial charge on any atom is 0.433 e. The third kappa shape index (κ3) is 3.20. The van der Waals surface area contributed by atoms with Crippen LogP contribution in [-0.4, -0.2) is 19.7 Å². The highest BCUT2D eigenvalue weighted by molar-refractivity contribution is 5.36. The van der Waals surface area contributed by atoms with Gasteiger partial charge in [0.05, 0.1) is 11.7 Å². The Bertz CT molecular complexity index is 663. The number of rotatable bonds is 4. The van der Waals surface area contributed by atoms with Gasteiger partial charge in [-0.15, -0.1) is 0 Å². The van der Waals surface area contributed by atoms with Crippen LogP contribution in [0, 0.1) is 13.8 Å². The zero-order valence-corrected chi connectivity index (χ0v) is 12.9. The van der Waals surface area contributed by atoms with Gasteiger partial charge in [0.1, 0.15) is 5.69 Å². The number of halogens is 3. The molecule has 1 N–H and O–H groups in total. The van der Waals surface area contributed by atoms with Crippen molar-refractivity contribution < 1.29 is 13.2 Å². The Labute approximate surface area is 126 Å². The normalized spacial score (nSPS) is 13.2. The minimum atomic E-state index is -4.48. The van der Waals surface area contributed by atoms with Crippen molar-refractivity contribution in [2.24, 2.45) is 7.05 Å². The Morgan fingerprint density at radius 2 is 2.00 bits per heavy atom. The molecular formula is C14H18F3N5. The number of aryl methyl sites for hydroxylation is 2. The molecule has 2 heterocycles. The monoisotopic (exact) mass is 313 g/mol. The second-order valence-electron chi connectivity index (χ2n) is 5.08. The zero-order chi connectivity index (χ0) is 16.5. The number of nitrogens with one attached hydrogen (secondary N) is 1. The van der Waals surface area contributed by atoms with E-state index in [0.29, 0.717) is 6.42 Å². The molecule has 2 aromatic rings. The standard InChI is InChI=1S/C14H18F3N5/c1-5-10(12-8(2)21-22(4)9(12)3)19-13-18-7-6-11(20-13)14(15,16)17/h6-7,10H,5H2,1-4H3,(H,18,19,20). The average Bonchev–Trinajstić information content (AvgIpc) is 2.69. The Morgan fingerprint density at radius 1 is 1.32 bits per heavy atom. The van der Waals surface area contributed by atoms with Crippen LogP contribution < -0.4 is 5.32 Å². The molecule has 0 fully saturated rings. The lowest BCUT2D eigenvalue weighted by Crippen LogP contribution is -2.16. The van der Waals surface area contributed by atoms with Gasteiger partial charge < -0.3 is 5.32 Å². The van der Waals surface area contributed by atoms with Gasteiger partial charge in [0.15, 0.2) is 0 Å². The Kier molecular flexibility index (Phi) is 4.39. The first-order valence-electron chi connectivity index (χ1n) is 6.91. The third-order valence-corrected chi connectivity index (χ3v) is 3.57. The lowest BCUT2D eigenvalue weighted by molar-refractivity contribution is -0.141. The van der Waals surface area contributed by atoms with Gasteiger partial charge in [-0.2, -0.15) is 18.3 Å². The highest BCUT2D eigenvalue weighted by Gasteiger charge is 2.33. The molecule has 22 heavy (non-hydrogen) atoms. The molecule has 0 saturated heterocycles. The van der Waals surface area contributed by atoms with Gasteiger partial charge in [0.25, 0.3) is 0 Å². The maximum atomic E-state index is 12.7. The summed E-state index contributed by atoms with van der Waals surface area (Å²) in [6, 6.07) is 0.657. The van der Waals surface area contributed by atoms with Crippen molar-refractivity contribution >= 4 is 5.95 Å². The number of anilines is 1. The lowest BCUT2D eigenvalue weighted by atomic mass is 10.0. The van der Waals surface area contributed by atoms with E-state index in [9.17, 15) is 13.2 Å². The van der Waals surface area contributed by atoms with Crippen LogP contribution in [0.1, 0.15) is 42.0 Å². The summed E-state index contributed by atoms with van der Waals surface area (Å²) in [7, 11) is 1.83. The first-order chi connectivity index (χ1) is 10.2. The molecule has 8 heteroatoms. The minimum Gasteiger partial charge on any atom is -0.347 e. The van der Waals surface area contributed by atoms with Crippen molar-refractivity contribution in [2.45, 2.75) is 39.4 Å². The highest BCUT2D eigenvalue weighted by atomic mass is 19.4.